The van der Waals surface area contributed by atoms with Crippen molar-refractivity contribution in [1.82, 2.24) is 0 Å². The molecular weight excluding hydrogens is 216 g/mol. The van der Waals surface area contributed by atoms with Crippen molar-refractivity contribution in [1.29, 1.82) is 0 Å². The number of ether oxygens (including phenoxy) is 1. The summed E-state index contributed by atoms with van der Waals surface area (Å²) in [5.41, 5.74) is 1.86. The van der Waals surface area contributed by atoms with Crippen molar-refractivity contribution in [2.24, 2.45) is 11.0 Å². The summed E-state index contributed by atoms with van der Waals surface area (Å²) in [5.74, 6) is 0.938. The molecule has 0 bridgehead atoms. The maximum Gasteiger partial charge on any atom is 0.256 e. The molecule has 0 radical (unpaired) electrons. The first-order chi connectivity index (χ1) is 8.29. The smallest absolute Gasteiger partial charge is 0.256 e. The van der Waals surface area contributed by atoms with Crippen molar-refractivity contribution in [2.45, 2.75) is 19.3 Å². The third kappa shape index (κ3) is 1.60. The molecule has 0 aromatic heterocycles. The van der Waals surface area contributed by atoms with Crippen molar-refractivity contribution in [3.63, 3.8) is 0 Å². The SMILES string of the molecule is COc1ccc(N2N=C3CCCC3C2=O)cc1. The van der Waals surface area contributed by atoms with E-state index in [4.69, 9.17) is 4.74 Å². The van der Waals surface area contributed by atoms with E-state index in [2.05, 4.69) is 5.10 Å². The van der Waals surface area contributed by atoms with E-state index in [1.165, 1.54) is 5.01 Å². The molecule has 88 valence electrons. The highest BCUT2D eigenvalue weighted by Gasteiger charge is 2.39. The summed E-state index contributed by atoms with van der Waals surface area (Å²) in [4.78, 5) is 12.1. The fraction of sp³-hybridized carbons (Fsp3) is 0.385. The Morgan fingerprint density at radius 2 is 2.12 bits per heavy atom. The number of hydrazone groups is 1. The number of rotatable bonds is 2. The predicted octanol–water partition coefficient (Wildman–Crippen LogP) is 2.20. The van der Waals surface area contributed by atoms with Gasteiger partial charge >= 0.3 is 0 Å². The first kappa shape index (κ1) is 10.3. The number of hydrogen-bond donors (Lipinski definition) is 0. The number of amides is 1. The van der Waals surface area contributed by atoms with Gasteiger partial charge in [-0.25, -0.2) is 5.01 Å². The van der Waals surface area contributed by atoms with Crippen LogP contribution in [0, 0.1) is 5.92 Å². The van der Waals surface area contributed by atoms with Crippen LogP contribution in [-0.4, -0.2) is 18.7 Å². The van der Waals surface area contributed by atoms with Gasteiger partial charge in [0.25, 0.3) is 5.91 Å². The van der Waals surface area contributed by atoms with E-state index < -0.39 is 0 Å². The number of carbonyl (C=O) groups excluding carboxylic acids is 1. The van der Waals surface area contributed by atoms with Gasteiger partial charge in [0.1, 0.15) is 5.75 Å². The normalized spacial score (nSPS) is 22.6. The fourth-order valence-electron chi connectivity index (χ4n) is 2.45. The van der Waals surface area contributed by atoms with E-state index in [9.17, 15) is 4.79 Å². The van der Waals surface area contributed by atoms with Gasteiger partial charge in [-0.15, -0.1) is 0 Å². The molecule has 1 aromatic carbocycles. The summed E-state index contributed by atoms with van der Waals surface area (Å²) < 4.78 is 5.09. The average molecular weight is 230 g/mol. The number of anilines is 1. The van der Waals surface area contributed by atoms with E-state index in [1.807, 2.05) is 24.3 Å². The molecule has 3 rings (SSSR count). The third-order valence-corrected chi connectivity index (χ3v) is 3.38. The van der Waals surface area contributed by atoms with Gasteiger partial charge in [-0.1, -0.05) is 0 Å². The lowest BCUT2D eigenvalue weighted by molar-refractivity contribution is -0.119. The van der Waals surface area contributed by atoms with Crippen LogP contribution in [0.15, 0.2) is 29.4 Å². The molecule has 4 nitrogen and oxygen atoms in total. The van der Waals surface area contributed by atoms with Gasteiger partial charge in [0.2, 0.25) is 0 Å². The van der Waals surface area contributed by atoms with Crippen LogP contribution in [0.2, 0.25) is 0 Å². The van der Waals surface area contributed by atoms with Gasteiger partial charge < -0.3 is 4.74 Å². The molecule has 0 spiro atoms. The zero-order valence-electron chi connectivity index (χ0n) is 9.72. The minimum Gasteiger partial charge on any atom is -0.497 e. The summed E-state index contributed by atoms with van der Waals surface area (Å²) in [6, 6.07) is 7.41. The molecule has 2 aliphatic rings. The highest BCUT2D eigenvalue weighted by molar-refractivity contribution is 6.16. The quantitative estimate of drug-likeness (QED) is 0.781. The molecule has 1 aliphatic carbocycles. The molecule has 1 amide bonds. The molecule has 1 saturated carbocycles. The van der Waals surface area contributed by atoms with Crippen LogP contribution in [0.4, 0.5) is 5.69 Å². The van der Waals surface area contributed by atoms with Crippen LogP contribution < -0.4 is 9.75 Å². The van der Waals surface area contributed by atoms with E-state index in [1.54, 1.807) is 7.11 Å². The Bertz CT molecular complexity index is 479. The molecule has 1 aromatic rings. The summed E-state index contributed by atoms with van der Waals surface area (Å²) in [7, 11) is 1.63. The summed E-state index contributed by atoms with van der Waals surface area (Å²) in [5, 5.41) is 5.94. The lowest BCUT2D eigenvalue weighted by Gasteiger charge is -2.13. The lowest BCUT2D eigenvalue weighted by atomic mass is 10.1. The molecule has 1 unspecified atom stereocenters. The number of nitrogens with zero attached hydrogens (tertiary/aromatic N) is 2. The predicted molar refractivity (Wildman–Crippen MR) is 65.3 cm³/mol. The first-order valence-corrected chi connectivity index (χ1v) is 5.85. The van der Waals surface area contributed by atoms with Gasteiger partial charge in [-0.3, -0.25) is 4.79 Å². The van der Waals surface area contributed by atoms with Gasteiger partial charge in [0, 0.05) is 0 Å². The largest absolute Gasteiger partial charge is 0.497 e. The van der Waals surface area contributed by atoms with E-state index in [0.717, 1.165) is 36.4 Å². The maximum absolute atomic E-state index is 12.1. The topological polar surface area (TPSA) is 41.9 Å². The third-order valence-electron chi connectivity index (χ3n) is 3.38. The number of fused-ring (bicyclic) bond motifs is 1. The minimum absolute atomic E-state index is 0.0390. The Balaban J connectivity index is 1.89. The van der Waals surface area contributed by atoms with Crippen molar-refractivity contribution < 1.29 is 9.53 Å². The molecule has 1 atom stereocenters. The fourth-order valence-corrected chi connectivity index (χ4v) is 2.45. The van der Waals surface area contributed by atoms with Crippen LogP contribution in [0.25, 0.3) is 0 Å². The monoisotopic (exact) mass is 230 g/mol. The Kier molecular flexibility index (Phi) is 2.35. The van der Waals surface area contributed by atoms with Gasteiger partial charge in [0.05, 0.1) is 24.4 Å². The number of hydrogen-bond acceptors (Lipinski definition) is 3. The van der Waals surface area contributed by atoms with Gasteiger partial charge in [-0.2, -0.15) is 5.10 Å². The number of benzene rings is 1. The maximum atomic E-state index is 12.1. The average Bonchev–Trinajstić information content (AvgIpc) is 2.93. The van der Waals surface area contributed by atoms with Gasteiger partial charge in [-0.05, 0) is 43.5 Å². The number of carbonyl (C=O) groups is 1. The second kappa shape index (κ2) is 3.87. The summed E-state index contributed by atoms with van der Waals surface area (Å²) in [6.07, 6.45) is 3.00. The standard InChI is InChI=1S/C13H14N2O2/c1-17-10-7-5-9(6-8-10)15-13(16)11-3-2-4-12(11)14-15/h5-8,11H,2-4H2,1H3. The Labute approximate surface area is 99.9 Å². The summed E-state index contributed by atoms with van der Waals surface area (Å²) in [6.45, 7) is 0. The Hall–Kier alpha value is -1.84. The lowest BCUT2D eigenvalue weighted by Crippen LogP contribution is -2.25. The Morgan fingerprint density at radius 3 is 2.76 bits per heavy atom. The van der Waals surface area contributed by atoms with Crippen LogP contribution >= 0.6 is 0 Å². The van der Waals surface area contributed by atoms with Crippen LogP contribution in [0.3, 0.4) is 0 Å². The summed E-state index contributed by atoms with van der Waals surface area (Å²) >= 11 is 0. The molecule has 1 heterocycles. The van der Waals surface area contributed by atoms with Crippen molar-refractivity contribution in [2.75, 3.05) is 12.1 Å². The van der Waals surface area contributed by atoms with Gasteiger partial charge in [0.15, 0.2) is 0 Å². The van der Waals surface area contributed by atoms with Crippen LogP contribution in [0.5, 0.6) is 5.75 Å². The molecule has 1 fully saturated rings. The molecule has 1 aliphatic heterocycles. The van der Waals surface area contributed by atoms with Crippen molar-refractivity contribution in [3.05, 3.63) is 24.3 Å². The number of methoxy groups -OCH3 is 1. The minimum atomic E-state index is 0.0390. The van der Waals surface area contributed by atoms with E-state index in [0.29, 0.717) is 0 Å². The Morgan fingerprint density at radius 1 is 1.35 bits per heavy atom. The van der Waals surface area contributed by atoms with E-state index in [-0.39, 0.29) is 11.8 Å². The zero-order chi connectivity index (χ0) is 11.8. The van der Waals surface area contributed by atoms with Crippen molar-refractivity contribution >= 4 is 17.3 Å². The molecule has 17 heavy (non-hydrogen) atoms. The van der Waals surface area contributed by atoms with Crippen molar-refractivity contribution in [3.8, 4) is 5.75 Å². The second-order valence-electron chi connectivity index (χ2n) is 4.38. The van der Waals surface area contributed by atoms with Crippen LogP contribution in [0.1, 0.15) is 19.3 Å². The molecule has 0 saturated heterocycles. The molecular formula is C13H14N2O2. The highest BCUT2D eigenvalue weighted by atomic mass is 16.5. The first-order valence-electron chi connectivity index (χ1n) is 5.85. The second-order valence-corrected chi connectivity index (χ2v) is 4.38. The molecule has 4 heteroatoms. The zero-order valence-corrected chi connectivity index (χ0v) is 9.72. The highest BCUT2D eigenvalue weighted by Crippen LogP contribution is 2.33. The van der Waals surface area contributed by atoms with E-state index >= 15 is 0 Å². The van der Waals surface area contributed by atoms with Crippen LogP contribution in [-0.2, 0) is 4.79 Å². The molecule has 0 N–H and O–H groups in total.